The van der Waals surface area contributed by atoms with Crippen LogP contribution in [0.2, 0.25) is 0 Å². The number of nitrogens with two attached hydrogens (primary N) is 2. The lowest BCUT2D eigenvalue weighted by atomic mass is 9.84. The second kappa shape index (κ2) is 33.8. The van der Waals surface area contributed by atoms with Gasteiger partial charge in [-0.25, -0.2) is 4.98 Å². The summed E-state index contributed by atoms with van der Waals surface area (Å²) in [4.78, 5) is 45.7. The van der Waals surface area contributed by atoms with Gasteiger partial charge in [-0.2, -0.15) is 0 Å². The molecular weight excluding hydrogens is 943 g/mol. The Morgan fingerprint density at radius 1 is 1.08 bits per heavy atom. The minimum absolute atomic E-state index is 0.00255. The van der Waals surface area contributed by atoms with Crippen molar-refractivity contribution in [3.05, 3.63) is 95.9 Å². The maximum absolute atomic E-state index is 11.5. The van der Waals surface area contributed by atoms with E-state index in [-0.39, 0.29) is 34.4 Å². The number of allylic oxidation sites excluding steroid dienone is 1. The molecule has 5 rings (SSSR count). The van der Waals surface area contributed by atoms with Crippen molar-refractivity contribution >= 4 is 52.9 Å². The molecule has 0 aliphatic carbocycles. The van der Waals surface area contributed by atoms with E-state index < -0.39 is 0 Å². The number of fused-ring (bicyclic) bond motifs is 1. The number of hydrogen-bond donors (Lipinski definition) is 5. The van der Waals surface area contributed by atoms with Gasteiger partial charge in [0.25, 0.3) is 6.47 Å². The van der Waals surface area contributed by atoms with Gasteiger partial charge in [-0.3, -0.25) is 25.0 Å². The minimum atomic E-state index is -0.329. The molecule has 4 heterocycles. The third-order valence-electron chi connectivity index (χ3n) is 12.4. The molecule has 0 saturated carbocycles. The summed E-state index contributed by atoms with van der Waals surface area (Å²) in [6, 6.07) is 10.7. The zero-order valence-electron chi connectivity index (χ0n) is 46.2. The van der Waals surface area contributed by atoms with Gasteiger partial charge in [0.05, 0.1) is 52.8 Å². The Bertz CT molecular complexity index is 2260. The molecule has 7 N–H and O–H groups in total. The summed E-state index contributed by atoms with van der Waals surface area (Å²) in [6.07, 6.45) is 9.44. The first-order valence-electron chi connectivity index (χ1n) is 25.5. The maximum atomic E-state index is 11.5. The number of carbonyl (C=O) groups excluding carboxylic acids is 3. The highest BCUT2D eigenvalue weighted by molar-refractivity contribution is 7.98. The number of carbonyl (C=O) groups is 3. The smallest absolute Gasteiger partial charge is 0.293 e. The Kier molecular flexibility index (Phi) is 30.6. The van der Waals surface area contributed by atoms with Crippen LogP contribution in [0.5, 0.6) is 0 Å². The molecule has 4 aromatic rings. The number of ether oxygens (including phenoxy) is 2. The highest BCUT2D eigenvalue weighted by Crippen LogP contribution is 2.42. The molecule has 1 aromatic carbocycles. The third kappa shape index (κ3) is 19.5. The van der Waals surface area contributed by atoms with E-state index in [0.29, 0.717) is 31.3 Å². The van der Waals surface area contributed by atoms with Crippen LogP contribution in [0.25, 0.3) is 33.4 Å². The van der Waals surface area contributed by atoms with Crippen molar-refractivity contribution < 1.29 is 23.9 Å². The molecule has 3 aromatic heterocycles. The predicted molar refractivity (Wildman–Crippen MR) is 305 cm³/mol. The van der Waals surface area contributed by atoms with Crippen LogP contribution in [-0.2, 0) is 43.2 Å². The maximum Gasteiger partial charge on any atom is 0.293 e. The van der Waals surface area contributed by atoms with E-state index in [4.69, 9.17) is 24.6 Å². The molecule has 0 radical (unpaired) electrons. The first kappa shape index (κ1) is 65.2. The third-order valence-corrected chi connectivity index (χ3v) is 14.0. The van der Waals surface area contributed by atoms with Gasteiger partial charge >= 0.3 is 0 Å². The van der Waals surface area contributed by atoms with Crippen LogP contribution in [0.4, 0.5) is 0 Å². The van der Waals surface area contributed by atoms with E-state index in [1.54, 1.807) is 24.6 Å². The lowest BCUT2D eigenvalue weighted by Gasteiger charge is -2.35. The fraction of sp³-hybridized carbons (Fsp3) is 0.554. The second-order valence-electron chi connectivity index (χ2n) is 18.5. The highest BCUT2D eigenvalue weighted by atomic mass is 32.2. The SMILES string of the molecule is C=C(NC(C)(CCCC(C=O)SN)Cc1nc(-c2ccc3c(c2)c(CC(C)(C)COC=O)c(-c2cccnc2C(C)OC)n3CC)cs1)C(C)C(C)C.C=CC(=O)NC1CN(C=C)CCN1.CC.CC.CN. The van der Waals surface area contributed by atoms with Crippen molar-refractivity contribution in [2.75, 3.05) is 40.4 Å². The molecule has 0 spiro atoms. The van der Waals surface area contributed by atoms with Gasteiger partial charge in [0, 0.05) is 83.4 Å². The number of hydrogen-bond acceptors (Lipinski definition) is 14. The number of methoxy groups -OCH3 is 1. The van der Waals surface area contributed by atoms with Crippen molar-refractivity contribution in [2.24, 2.45) is 28.1 Å². The average Bonchev–Trinajstić information content (AvgIpc) is 3.99. The standard InChI is InChI=1S/C42H59N5O4S2.C9H15N3O.2C2H6.CH5N/c1-11-47-37-17-16-31(20-34(37)35(21-41(7,8)25-51-26-49)40(47)33-15-13-19-44-39(33)30(6)50-10)36-24-52-38(45-36)22-42(9,18-12-14-32(23-48)53-43)46-29(5)28(4)27(2)3;1-3-9(13)11-8-7-12(4-2)6-5-10-8;3*1-2/h13,15-17,19-20,23-24,26-28,30,32,46H,5,11-12,14,18,21-22,25,43H2,1-4,6-10H3;3-4,8,10H,1-2,5-7H2,(H,11,13);2*1-2H3;2H2,1H3. The molecule has 14 nitrogen and oxygen atoms in total. The summed E-state index contributed by atoms with van der Waals surface area (Å²) in [5, 5.41) is 19.6. The molecule has 0 bridgehead atoms. The first-order chi connectivity index (χ1) is 34.5. The Morgan fingerprint density at radius 2 is 1.78 bits per heavy atom. The van der Waals surface area contributed by atoms with E-state index in [1.165, 1.54) is 18.7 Å². The minimum Gasteiger partial charge on any atom is -0.467 e. The Morgan fingerprint density at radius 3 is 2.36 bits per heavy atom. The van der Waals surface area contributed by atoms with Crippen LogP contribution in [-0.4, -0.2) is 95.5 Å². The molecule has 1 aliphatic rings. The molecule has 5 unspecified atom stereocenters. The van der Waals surface area contributed by atoms with Crippen molar-refractivity contribution in [3.8, 4) is 22.5 Å². The van der Waals surface area contributed by atoms with Gasteiger partial charge < -0.3 is 40.1 Å². The molecule has 1 saturated heterocycles. The van der Waals surface area contributed by atoms with Gasteiger partial charge in [0.15, 0.2) is 0 Å². The van der Waals surface area contributed by atoms with Crippen LogP contribution < -0.4 is 26.8 Å². The van der Waals surface area contributed by atoms with Crippen molar-refractivity contribution in [3.63, 3.8) is 0 Å². The molecule has 16 heteroatoms. The summed E-state index contributed by atoms with van der Waals surface area (Å²) in [5.41, 5.74) is 12.2. The van der Waals surface area contributed by atoms with Crippen molar-refractivity contribution in [2.45, 2.75) is 145 Å². The normalized spacial score (nSPS) is 15.2. The number of aryl methyl sites for hydroxylation is 1. The van der Waals surface area contributed by atoms with Crippen LogP contribution >= 0.6 is 23.3 Å². The summed E-state index contributed by atoms with van der Waals surface area (Å²) in [7, 11) is 3.21. The summed E-state index contributed by atoms with van der Waals surface area (Å²) in [6.45, 7) is 40.9. The van der Waals surface area contributed by atoms with Gasteiger partial charge in [-0.15, -0.1) is 11.3 Å². The number of amides is 1. The number of aldehydes is 1. The lowest BCUT2D eigenvalue weighted by molar-refractivity contribution is -0.131. The molecule has 1 amide bonds. The molecule has 1 fully saturated rings. The monoisotopic (exact) mass is 1030 g/mol. The van der Waals surface area contributed by atoms with Crippen LogP contribution in [0.3, 0.4) is 0 Å². The van der Waals surface area contributed by atoms with Gasteiger partial charge in [0.1, 0.15) is 6.29 Å². The van der Waals surface area contributed by atoms with Crippen molar-refractivity contribution in [1.82, 2.24) is 35.4 Å². The number of benzene rings is 1. The van der Waals surface area contributed by atoms with Gasteiger partial charge in [-0.05, 0) is 107 Å². The molecule has 1 aliphatic heterocycles. The van der Waals surface area contributed by atoms with Crippen LogP contribution in [0, 0.1) is 17.3 Å². The Labute approximate surface area is 441 Å². The largest absolute Gasteiger partial charge is 0.467 e. The van der Waals surface area contributed by atoms with Crippen LogP contribution in [0.15, 0.2) is 79.6 Å². The lowest BCUT2D eigenvalue weighted by Crippen LogP contribution is -2.56. The van der Waals surface area contributed by atoms with Gasteiger partial charge in [-0.1, -0.05) is 100 Å². The second-order valence-corrected chi connectivity index (χ2v) is 20.3. The highest BCUT2D eigenvalue weighted by Gasteiger charge is 2.31. The van der Waals surface area contributed by atoms with E-state index in [2.05, 4.69) is 129 Å². The molecule has 72 heavy (non-hydrogen) atoms. The van der Waals surface area contributed by atoms with Crippen LogP contribution in [0.1, 0.15) is 125 Å². The number of pyridine rings is 1. The fourth-order valence-electron chi connectivity index (χ4n) is 8.33. The number of nitrogens with zero attached hydrogens (tertiary/aromatic N) is 4. The predicted octanol–water partition coefficient (Wildman–Crippen LogP) is 10.6. The number of thiazole rings is 1. The van der Waals surface area contributed by atoms with Gasteiger partial charge in [0.2, 0.25) is 5.91 Å². The summed E-state index contributed by atoms with van der Waals surface area (Å²) < 4.78 is 13.4. The first-order valence-corrected chi connectivity index (χ1v) is 27.3. The summed E-state index contributed by atoms with van der Waals surface area (Å²) in [5.74, 6) is 0.613. The van der Waals surface area contributed by atoms with E-state index >= 15 is 0 Å². The fourth-order valence-corrected chi connectivity index (χ4v) is 9.68. The number of rotatable bonds is 25. The van der Waals surface area contributed by atoms with Crippen molar-refractivity contribution in [1.29, 1.82) is 0 Å². The Balaban J connectivity index is 0.00000116. The number of piperazine rings is 1. The number of aromatic nitrogens is 3. The number of nitrogens with one attached hydrogen (secondary N) is 3. The quantitative estimate of drug-likeness (QED) is 0.0240. The molecule has 402 valence electrons. The zero-order chi connectivity index (χ0) is 54.6. The summed E-state index contributed by atoms with van der Waals surface area (Å²) >= 11 is 2.78. The Hall–Kier alpha value is -4.84. The topological polar surface area (TPSA) is 192 Å². The zero-order valence-corrected chi connectivity index (χ0v) is 47.9. The molecule has 5 atom stereocenters. The van der Waals surface area contributed by atoms with E-state index in [9.17, 15) is 14.4 Å². The average molecular weight is 1030 g/mol. The van der Waals surface area contributed by atoms with E-state index in [0.717, 1.165) is 120 Å². The molecular formula is C56H91N9O5S2. The van der Waals surface area contributed by atoms with E-state index in [1.807, 2.05) is 46.9 Å².